The van der Waals surface area contributed by atoms with Crippen LogP contribution in [0.4, 0.5) is 11.4 Å². The van der Waals surface area contributed by atoms with E-state index >= 15 is 0 Å². The Hall–Kier alpha value is -5.36. The number of nitrogens with one attached hydrogen (secondary N) is 2. The summed E-state index contributed by atoms with van der Waals surface area (Å²) >= 11 is 0. The molecule has 2 N–H and O–H groups in total. The van der Waals surface area contributed by atoms with Gasteiger partial charge in [-0.05, 0) is 65.9 Å². The number of anilines is 2. The summed E-state index contributed by atoms with van der Waals surface area (Å²) in [6.07, 6.45) is 1.24. The number of benzene rings is 5. The molecule has 0 saturated carbocycles. The quantitative estimate of drug-likeness (QED) is 0.0783. The maximum absolute atomic E-state index is 13.2. The second kappa shape index (κ2) is 15.4. The van der Waals surface area contributed by atoms with Crippen LogP contribution in [0, 0.1) is 6.92 Å². The minimum atomic E-state index is -0.685. The molecule has 6 nitrogen and oxygen atoms in total. The van der Waals surface area contributed by atoms with Gasteiger partial charge in [-0.2, -0.15) is 0 Å². The lowest BCUT2D eigenvalue weighted by Crippen LogP contribution is -2.33. The molecule has 0 saturated heterocycles. The van der Waals surface area contributed by atoms with Crippen LogP contribution in [0.15, 0.2) is 127 Å². The zero-order valence-corrected chi connectivity index (χ0v) is 25.7. The fourth-order valence-corrected chi connectivity index (χ4v) is 5.25. The highest BCUT2D eigenvalue weighted by Gasteiger charge is 2.22. The molecule has 0 aliphatic carbocycles. The molecular weight excluding hydrogens is 560 g/mol. The molecule has 5 rings (SSSR count). The second-order valence-corrected chi connectivity index (χ2v) is 10.8. The first-order valence-electron chi connectivity index (χ1n) is 15.1. The van der Waals surface area contributed by atoms with Gasteiger partial charge >= 0.3 is 5.97 Å². The third kappa shape index (κ3) is 8.39. The molecule has 6 heteroatoms. The molecule has 0 aromatic heterocycles. The van der Waals surface area contributed by atoms with E-state index in [2.05, 4.69) is 60.0 Å². The Morgan fingerprint density at radius 1 is 0.711 bits per heavy atom. The van der Waals surface area contributed by atoms with Gasteiger partial charge in [0.25, 0.3) is 0 Å². The first-order valence-corrected chi connectivity index (χ1v) is 15.1. The number of ketones is 1. The van der Waals surface area contributed by atoms with Crippen molar-refractivity contribution in [1.82, 2.24) is 0 Å². The molecule has 5 aromatic rings. The number of aryl methyl sites for hydroxylation is 1. The highest BCUT2D eigenvalue weighted by molar-refractivity contribution is 6.12. The zero-order valence-electron chi connectivity index (χ0n) is 25.7. The van der Waals surface area contributed by atoms with Crippen LogP contribution in [0.2, 0.25) is 0 Å². The summed E-state index contributed by atoms with van der Waals surface area (Å²) in [6.45, 7) is 3.30. The van der Waals surface area contributed by atoms with Crippen molar-refractivity contribution in [3.05, 3.63) is 161 Å². The van der Waals surface area contributed by atoms with E-state index in [9.17, 15) is 9.59 Å². The first kappa shape index (κ1) is 31.1. The molecule has 0 spiro atoms. The lowest BCUT2D eigenvalue weighted by molar-refractivity contribution is -0.141. The van der Waals surface area contributed by atoms with E-state index in [0.29, 0.717) is 36.4 Å². The number of carbonyl (C=O) groups is 2. The molecule has 0 radical (unpaired) electrons. The number of methoxy groups -OCH3 is 1. The van der Waals surface area contributed by atoms with E-state index in [-0.39, 0.29) is 5.78 Å². The van der Waals surface area contributed by atoms with E-state index in [4.69, 9.17) is 9.47 Å². The maximum Gasteiger partial charge on any atom is 0.328 e. The average molecular weight is 599 g/mol. The predicted molar refractivity (Wildman–Crippen MR) is 180 cm³/mol. The Kier molecular flexibility index (Phi) is 10.6. The van der Waals surface area contributed by atoms with Gasteiger partial charge in [-0.15, -0.1) is 0 Å². The van der Waals surface area contributed by atoms with Crippen LogP contribution >= 0.6 is 0 Å². The van der Waals surface area contributed by atoms with Crippen molar-refractivity contribution in [1.29, 1.82) is 0 Å². The minimum absolute atomic E-state index is 0.118. The summed E-state index contributed by atoms with van der Waals surface area (Å²) in [4.78, 5) is 26.0. The normalized spacial score (nSPS) is 11.3. The largest absolute Gasteiger partial charge is 0.492 e. The molecule has 1 unspecified atom stereocenters. The van der Waals surface area contributed by atoms with Gasteiger partial charge in [0.05, 0.1) is 7.11 Å². The van der Waals surface area contributed by atoms with Gasteiger partial charge in [0, 0.05) is 35.5 Å². The Labute approximate surface area is 265 Å². The molecule has 0 amide bonds. The monoisotopic (exact) mass is 598 g/mol. The molecule has 0 heterocycles. The zero-order chi connectivity index (χ0) is 31.4. The molecule has 5 aromatic carbocycles. The van der Waals surface area contributed by atoms with Gasteiger partial charge in [-0.1, -0.05) is 97.1 Å². The van der Waals surface area contributed by atoms with Crippen molar-refractivity contribution in [3.63, 3.8) is 0 Å². The van der Waals surface area contributed by atoms with E-state index in [1.54, 1.807) is 24.3 Å². The first-order chi connectivity index (χ1) is 22.0. The SMILES string of the molecule is COC(=O)C(Cc1ccc(OCCNc2ccccc2Cc2ccccc2C)cc1)Nc1ccccc1C(=O)c1ccccc1. The molecule has 0 aliphatic rings. The van der Waals surface area contributed by atoms with E-state index in [1.807, 2.05) is 60.7 Å². The summed E-state index contributed by atoms with van der Waals surface area (Å²) in [6, 6.07) is 40.2. The molecule has 0 aliphatic heterocycles. The molecule has 0 fully saturated rings. The van der Waals surface area contributed by atoms with Crippen LogP contribution in [-0.2, 0) is 22.4 Å². The minimum Gasteiger partial charge on any atom is -0.492 e. The predicted octanol–water partition coefficient (Wildman–Crippen LogP) is 7.50. The Morgan fingerprint density at radius 3 is 2.09 bits per heavy atom. The van der Waals surface area contributed by atoms with Crippen molar-refractivity contribution in [2.45, 2.75) is 25.8 Å². The molecule has 0 bridgehead atoms. The third-order valence-electron chi connectivity index (χ3n) is 7.73. The van der Waals surface area contributed by atoms with Crippen LogP contribution in [0.5, 0.6) is 5.75 Å². The topological polar surface area (TPSA) is 76.7 Å². The van der Waals surface area contributed by atoms with Gasteiger partial charge in [0.1, 0.15) is 18.4 Å². The lowest BCUT2D eigenvalue weighted by atomic mass is 9.99. The highest BCUT2D eigenvalue weighted by Crippen LogP contribution is 2.23. The van der Waals surface area contributed by atoms with Gasteiger partial charge in [0.15, 0.2) is 5.78 Å². The number of carbonyl (C=O) groups excluding carboxylic acids is 2. The molecular formula is C39H38N2O4. The van der Waals surface area contributed by atoms with Crippen LogP contribution < -0.4 is 15.4 Å². The Balaban J connectivity index is 1.17. The van der Waals surface area contributed by atoms with E-state index < -0.39 is 12.0 Å². The van der Waals surface area contributed by atoms with Crippen LogP contribution in [-0.4, -0.2) is 38.1 Å². The van der Waals surface area contributed by atoms with Gasteiger partial charge in [0.2, 0.25) is 0 Å². The van der Waals surface area contributed by atoms with Gasteiger partial charge < -0.3 is 20.1 Å². The second-order valence-electron chi connectivity index (χ2n) is 10.8. The third-order valence-corrected chi connectivity index (χ3v) is 7.73. The molecule has 45 heavy (non-hydrogen) atoms. The standard InChI is InChI=1S/C39H38N2O4/c1-28-12-6-7-15-31(28)27-32-16-8-10-18-35(32)40-24-25-45-33-22-20-29(21-23-33)26-37(39(43)44-2)41-36-19-11-9-17-34(36)38(42)30-13-4-3-5-14-30/h3-23,37,40-41H,24-27H2,1-2H3. The number of hydrogen-bond acceptors (Lipinski definition) is 6. The fourth-order valence-electron chi connectivity index (χ4n) is 5.25. The summed E-state index contributed by atoms with van der Waals surface area (Å²) in [7, 11) is 1.37. The van der Waals surface area contributed by atoms with Crippen molar-refractivity contribution >= 4 is 23.1 Å². The van der Waals surface area contributed by atoms with Crippen molar-refractivity contribution in [2.24, 2.45) is 0 Å². The summed E-state index contributed by atoms with van der Waals surface area (Å²) in [5, 5.41) is 6.77. The smallest absolute Gasteiger partial charge is 0.328 e. The summed E-state index contributed by atoms with van der Waals surface area (Å²) < 4.78 is 11.1. The van der Waals surface area contributed by atoms with Gasteiger partial charge in [-0.3, -0.25) is 4.79 Å². The number of rotatable bonds is 14. The number of hydrogen-bond donors (Lipinski definition) is 2. The number of para-hydroxylation sites is 2. The highest BCUT2D eigenvalue weighted by atomic mass is 16.5. The molecule has 228 valence electrons. The van der Waals surface area contributed by atoms with Crippen molar-refractivity contribution < 1.29 is 19.1 Å². The van der Waals surface area contributed by atoms with Crippen LogP contribution in [0.3, 0.4) is 0 Å². The van der Waals surface area contributed by atoms with Crippen molar-refractivity contribution in [3.8, 4) is 5.75 Å². The molecule has 1 atom stereocenters. The summed E-state index contributed by atoms with van der Waals surface area (Å²) in [5.74, 6) is 0.217. The van der Waals surface area contributed by atoms with Gasteiger partial charge in [-0.25, -0.2) is 4.79 Å². The van der Waals surface area contributed by atoms with Crippen LogP contribution in [0.25, 0.3) is 0 Å². The fraction of sp³-hybridized carbons (Fsp3) is 0.179. The van der Waals surface area contributed by atoms with E-state index in [1.165, 1.54) is 23.8 Å². The van der Waals surface area contributed by atoms with Crippen LogP contribution in [0.1, 0.15) is 38.2 Å². The average Bonchev–Trinajstić information content (AvgIpc) is 3.08. The van der Waals surface area contributed by atoms with Crippen molar-refractivity contribution in [2.75, 3.05) is 30.9 Å². The summed E-state index contributed by atoms with van der Waals surface area (Å²) in [5.41, 5.74) is 7.54. The lowest BCUT2D eigenvalue weighted by Gasteiger charge is -2.20. The Morgan fingerprint density at radius 2 is 1.36 bits per heavy atom. The Bertz CT molecular complexity index is 1720. The maximum atomic E-state index is 13.2. The number of esters is 1. The number of ether oxygens (including phenoxy) is 2. The van der Waals surface area contributed by atoms with E-state index in [0.717, 1.165) is 23.4 Å².